The lowest BCUT2D eigenvalue weighted by Gasteiger charge is -2.27. The number of nitrogens with zero attached hydrogens (tertiary/aromatic N) is 1. The molecule has 0 bridgehead atoms. The van der Waals surface area contributed by atoms with E-state index in [0.717, 1.165) is 13.1 Å². The Kier molecular flexibility index (Phi) is 7.50. The topological polar surface area (TPSA) is 82.7 Å². The van der Waals surface area contributed by atoms with Gasteiger partial charge in [-0.05, 0) is 13.0 Å². The number of hydrogen-bond acceptors (Lipinski definition) is 5. The second kappa shape index (κ2) is 8.89. The van der Waals surface area contributed by atoms with E-state index in [1.807, 2.05) is 25.8 Å². The second-order valence-electron chi connectivity index (χ2n) is 5.55. The number of urea groups is 1. The van der Waals surface area contributed by atoms with Crippen molar-refractivity contribution in [1.29, 1.82) is 0 Å². The smallest absolute Gasteiger partial charge is 0.321 e. The molecule has 1 atom stereocenters. The number of morpholine rings is 1. The summed E-state index contributed by atoms with van der Waals surface area (Å²) in [5.74, 6) is 0.0481. The zero-order valence-corrected chi connectivity index (χ0v) is 12.6. The van der Waals surface area contributed by atoms with E-state index in [1.165, 1.54) is 0 Å². The van der Waals surface area contributed by atoms with Crippen LogP contribution < -0.4 is 16.0 Å². The molecule has 0 aromatic rings. The molecule has 1 fully saturated rings. The molecule has 1 rings (SSSR count). The monoisotopic (exact) mass is 286 g/mol. The van der Waals surface area contributed by atoms with E-state index in [0.29, 0.717) is 25.6 Å². The van der Waals surface area contributed by atoms with Crippen molar-refractivity contribution in [3.8, 4) is 0 Å². The van der Waals surface area contributed by atoms with E-state index >= 15 is 0 Å². The van der Waals surface area contributed by atoms with Crippen LogP contribution in [0.25, 0.3) is 0 Å². The summed E-state index contributed by atoms with van der Waals surface area (Å²) in [6, 6.07) is -0.437. The predicted octanol–water partition coefficient (Wildman–Crippen LogP) is -0.612. The van der Waals surface area contributed by atoms with Gasteiger partial charge in [0.2, 0.25) is 5.91 Å². The van der Waals surface area contributed by atoms with Gasteiger partial charge < -0.3 is 15.4 Å². The Morgan fingerprint density at radius 1 is 1.45 bits per heavy atom. The first-order valence-corrected chi connectivity index (χ1v) is 7.06. The Morgan fingerprint density at radius 3 is 2.80 bits per heavy atom. The maximum Gasteiger partial charge on any atom is 0.321 e. The summed E-state index contributed by atoms with van der Waals surface area (Å²) in [6.07, 6.45) is 0.0938. The summed E-state index contributed by atoms with van der Waals surface area (Å²) in [7, 11) is 1.84. The van der Waals surface area contributed by atoms with Crippen molar-refractivity contribution in [3.63, 3.8) is 0 Å². The Morgan fingerprint density at radius 2 is 2.20 bits per heavy atom. The Labute approximate surface area is 120 Å². The lowest BCUT2D eigenvalue weighted by molar-refractivity contribution is -0.121. The highest BCUT2D eigenvalue weighted by atomic mass is 16.5. The summed E-state index contributed by atoms with van der Waals surface area (Å²) in [5, 5.41) is 8.20. The minimum Gasteiger partial charge on any atom is -0.374 e. The SMILES string of the molecule is CC(C)CNC(=O)NC(=O)CN(C)CC1CNCCO1. The van der Waals surface area contributed by atoms with E-state index in [4.69, 9.17) is 4.74 Å². The van der Waals surface area contributed by atoms with Gasteiger partial charge in [-0.15, -0.1) is 0 Å². The molecular formula is C13H26N4O3. The summed E-state index contributed by atoms with van der Waals surface area (Å²) < 4.78 is 5.56. The molecule has 1 unspecified atom stereocenters. The van der Waals surface area contributed by atoms with Crippen LogP contribution in [0.2, 0.25) is 0 Å². The lowest BCUT2D eigenvalue weighted by Crippen LogP contribution is -2.48. The molecule has 3 N–H and O–H groups in total. The van der Waals surface area contributed by atoms with Gasteiger partial charge in [0.05, 0.1) is 19.3 Å². The van der Waals surface area contributed by atoms with E-state index in [9.17, 15) is 9.59 Å². The normalized spacial score (nSPS) is 19.1. The van der Waals surface area contributed by atoms with Crippen molar-refractivity contribution in [2.75, 3.05) is 46.4 Å². The summed E-state index contributed by atoms with van der Waals surface area (Å²) >= 11 is 0. The zero-order valence-electron chi connectivity index (χ0n) is 12.6. The summed E-state index contributed by atoms with van der Waals surface area (Å²) in [5.41, 5.74) is 0. The maximum atomic E-state index is 11.7. The van der Waals surface area contributed by atoms with Gasteiger partial charge in [-0.3, -0.25) is 15.0 Å². The van der Waals surface area contributed by atoms with Crippen molar-refractivity contribution >= 4 is 11.9 Å². The molecule has 7 heteroatoms. The van der Waals surface area contributed by atoms with Gasteiger partial charge in [-0.25, -0.2) is 4.79 Å². The Bertz CT molecular complexity index is 317. The van der Waals surface area contributed by atoms with Crippen LogP contribution in [0.3, 0.4) is 0 Å². The number of hydrogen-bond donors (Lipinski definition) is 3. The first kappa shape index (κ1) is 16.9. The average Bonchev–Trinajstić information content (AvgIpc) is 2.37. The van der Waals surface area contributed by atoms with Gasteiger partial charge in [-0.1, -0.05) is 13.8 Å². The lowest BCUT2D eigenvalue weighted by atomic mass is 10.2. The molecule has 1 heterocycles. The van der Waals surface area contributed by atoms with Crippen LogP contribution in [-0.2, 0) is 9.53 Å². The number of amides is 3. The van der Waals surface area contributed by atoms with Crippen LogP contribution in [0, 0.1) is 5.92 Å². The van der Waals surface area contributed by atoms with E-state index in [1.54, 1.807) is 0 Å². The van der Waals surface area contributed by atoms with Crippen molar-refractivity contribution < 1.29 is 14.3 Å². The van der Waals surface area contributed by atoms with Crippen molar-refractivity contribution in [2.45, 2.75) is 20.0 Å². The molecule has 0 aromatic carbocycles. The molecular weight excluding hydrogens is 260 g/mol. The van der Waals surface area contributed by atoms with E-state index < -0.39 is 6.03 Å². The maximum absolute atomic E-state index is 11.7. The Balaban J connectivity index is 2.18. The minimum absolute atomic E-state index is 0.0938. The molecule has 20 heavy (non-hydrogen) atoms. The van der Waals surface area contributed by atoms with E-state index in [-0.39, 0.29) is 18.6 Å². The number of likely N-dealkylation sites (N-methyl/N-ethyl adjacent to an activating group) is 1. The van der Waals surface area contributed by atoms with Crippen LogP contribution in [0.4, 0.5) is 4.79 Å². The van der Waals surface area contributed by atoms with Gasteiger partial charge in [0.25, 0.3) is 0 Å². The van der Waals surface area contributed by atoms with Gasteiger partial charge in [0.1, 0.15) is 0 Å². The first-order chi connectivity index (χ1) is 9.47. The summed E-state index contributed by atoms with van der Waals surface area (Å²) in [6.45, 7) is 7.74. The average molecular weight is 286 g/mol. The molecule has 116 valence electrons. The molecule has 0 radical (unpaired) electrons. The van der Waals surface area contributed by atoms with Crippen LogP contribution in [-0.4, -0.2) is 69.3 Å². The molecule has 0 aliphatic carbocycles. The van der Waals surface area contributed by atoms with Gasteiger partial charge in [0, 0.05) is 26.2 Å². The predicted molar refractivity (Wildman–Crippen MR) is 76.5 cm³/mol. The van der Waals surface area contributed by atoms with Crippen molar-refractivity contribution in [1.82, 2.24) is 20.9 Å². The molecule has 0 aromatic heterocycles. The van der Waals surface area contributed by atoms with Gasteiger partial charge in [0.15, 0.2) is 0 Å². The molecule has 1 saturated heterocycles. The number of ether oxygens (including phenoxy) is 1. The number of rotatable bonds is 6. The number of carbonyl (C=O) groups excluding carboxylic acids is 2. The van der Waals surface area contributed by atoms with Crippen LogP contribution in [0.1, 0.15) is 13.8 Å². The quantitative estimate of drug-likeness (QED) is 0.607. The standard InChI is InChI=1S/C13H26N4O3/c1-10(2)6-15-13(19)16-12(18)9-17(3)8-11-7-14-4-5-20-11/h10-11,14H,4-9H2,1-3H3,(H2,15,16,18,19). The third-order valence-electron chi connectivity index (χ3n) is 2.86. The Hall–Kier alpha value is -1.18. The highest BCUT2D eigenvalue weighted by molar-refractivity contribution is 5.95. The molecule has 1 aliphatic rings. The van der Waals surface area contributed by atoms with Gasteiger partial charge >= 0.3 is 6.03 Å². The van der Waals surface area contributed by atoms with Crippen molar-refractivity contribution in [2.24, 2.45) is 5.92 Å². The van der Waals surface area contributed by atoms with E-state index in [2.05, 4.69) is 16.0 Å². The molecule has 1 aliphatic heterocycles. The fourth-order valence-electron chi connectivity index (χ4n) is 1.90. The second-order valence-corrected chi connectivity index (χ2v) is 5.55. The first-order valence-electron chi connectivity index (χ1n) is 7.06. The van der Waals surface area contributed by atoms with Crippen LogP contribution >= 0.6 is 0 Å². The van der Waals surface area contributed by atoms with Crippen LogP contribution in [0.5, 0.6) is 0 Å². The third-order valence-corrected chi connectivity index (χ3v) is 2.86. The number of nitrogens with one attached hydrogen (secondary N) is 3. The van der Waals surface area contributed by atoms with Crippen molar-refractivity contribution in [3.05, 3.63) is 0 Å². The fraction of sp³-hybridized carbons (Fsp3) is 0.846. The molecule has 7 nitrogen and oxygen atoms in total. The highest BCUT2D eigenvalue weighted by Gasteiger charge is 2.17. The molecule has 3 amide bonds. The zero-order chi connectivity index (χ0) is 15.0. The molecule has 0 saturated carbocycles. The minimum atomic E-state index is -0.437. The largest absolute Gasteiger partial charge is 0.374 e. The fourth-order valence-corrected chi connectivity index (χ4v) is 1.90. The highest BCUT2D eigenvalue weighted by Crippen LogP contribution is 1.98. The molecule has 0 spiro atoms. The third kappa shape index (κ3) is 7.42. The number of carbonyl (C=O) groups is 2. The number of imide groups is 1. The van der Waals surface area contributed by atoms with Gasteiger partial charge in [-0.2, -0.15) is 0 Å². The van der Waals surface area contributed by atoms with Crippen LogP contribution in [0.15, 0.2) is 0 Å². The summed E-state index contributed by atoms with van der Waals surface area (Å²) in [4.78, 5) is 25.0.